The smallest absolute Gasteiger partial charge is 0.232 e. The lowest BCUT2D eigenvalue weighted by atomic mass is 10.1. The molecule has 0 radical (unpaired) electrons. The highest BCUT2D eigenvalue weighted by Crippen LogP contribution is 2.21. The van der Waals surface area contributed by atoms with E-state index >= 15 is 0 Å². The Kier molecular flexibility index (Phi) is 4.35. The van der Waals surface area contributed by atoms with E-state index in [1.807, 2.05) is 30.3 Å². The average Bonchev–Trinajstić information content (AvgIpc) is 2.42. The summed E-state index contributed by atoms with van der Waals surface area (Å²) in [5.41, 5.74) is 1.36. The second-order valence-electron chi connectivity index (χ2n) is 5.03. The van der Waals surface area contributed by atoms with Gasteiger partial charge in [-0.3, -0.25) is 0 Å². The predicted octanol–water partition coefficient (Wildman–Crippen LogP) is 3.92. The van der Waals surface area contributed by atoms with Crippen molar-refractivity contribution in [1.82, 2.24) is 4.98 Å². The zero-order chi connectivity index (χ0) is 13.7. The zero-order valence-electron chi connectivity index (χ0n) is 11.4. The summed E-state index contributed by atoms with van der Waals surface area (Å²) in [6, 6.07) is 11.7. The monoisotopic (exact) mass is 254 g/mol. The van der Waals surface area contributed by atoms with Crippen molar-refractivity contribution in [3.63, 3.8) is 0 Å². The van der Waals surface area contributed by atoms with E-state index in [0.29, 0.717) is 24.0 Å². The molecule has 3 heteroatoms. The van der Waals surface area contributed by atoms with Crippen LogP contribution >= 0.6 is 0 Å². The molecule has 2 aromatic rings. The molecule has 0 aliphatic rings. The maximum atomic E-state index is 9.15. The standard InChI is InChI=1S/C16H18N2O/c1-12(2)6-5-9-19-16-14(11-17)10-13-7-3-4-8-15(13)18-16/h3-4,7-8,10,12H,5-6,9H2,1-2H3. The van der Waals surface area contributed by atoms with E-state index in [4.69, 9.17) is 10.00 Å². The van der Waals surface area contributed by atoms with E-state index in [9.17, 15) is 0 Å². The molecular weight excluding hydrogens is 236 g/mol. The summed E-state index contributed by atoms with van der Waals surface area (Å²) in [5, 5.41) is 10.1. The van der Waals surface area contributed by atoms with Crippen LogP contribution < -0.4 is 4.74 Å². The molecule has 0 fully saturated rings. The molecule has 0 atom stereocenters. The van der Waals surface area contributed by atoms with Crippen LogP contribution in [0.15, 0.2) is 30.3 Å². The molecule has 2 rings (SSSR count). The Bertz CT molecular complexity index is 599. The molecule has 1 aromatic heterocycles. The second-order valence-corrected chi connectivity index (χ2v) is 5.03. The topological polar surface area (TPSA) is 45.9 Å². The lowest BCUT2D eigenvalue weighted by Crippen LogP contribution is -2.03. The van der Waals surface area contributed by atoms with Crippen LogP contribution in [0, 0.1) is 17.2 Å². The van der Waals surface area contributed by atoms with E-state index in [1.54, 1.807) is 0 Å². The molecule has 0 N–H and O–H groups in total. The molecule has 0 aliphatic heterocycles. The zero-order valence-corrected chi connectivity index (χ0v) is 11.4. The number of pyridine rings is 1. The number of ether oxygens (including phenoxy) is 1. The minimum atomic E-state index is 0.449. The van der Waals surface area contributed by atoms with Crippen molar-refractivity contribution in [2.24, 2.45) is 5.92 Å². The van der Waals surface area contributed by atoms with E-state index in [1.165, 1.54) is 0 Å². The van der Waals surface area contributed by atoms with Crippen molar-refractivity contribution >= 4 is 10.9 Å². The maximum absolute atomic E-state index is 9.15. The average molecular weight is 254 g/mol. The summed E-state index contributed by atoms with van der Waals surface area (Å²) >= 11 is 0. The van der Waals surface area contributed by atoms with Crippen LogP contribution in [-0.4, -0.2) is 11.6 Å². The number of rotatable bonds is 5. The van der Waals surface area contributed by atoms with Gasteiger partial charge in [-0.15, -0.1) is 0 Å². The van der Waals surface area contributed by atoms with Gasteiger partial charge in [0.05, 0.1) is 12.1 Å². The first kappa shape index (κ1) is 13.4. The molecule has 0 spiro atoms. The van der Waals surface area contributed by atoms with Crippen LogP contribution in [0.5, 0.6) is 5.88 Å². The lowest BCUT2D eigenvalue weighted by molar-refractivity contribution is 0.287. The summed E-state index contributed by atoms with van der Waals surface area (Å²) < 4.78 is 5.65. The van der Waals surface area contributed by atoms with Crippen molar-refractivity contribution in [3.05, 3.63) is 35.9 Å². The molecule has 1 aromatic carbocycles. The summed E-state index contributed by atoms with van der Waals surface area (Å²) in [7, 11) is 0. The van der Waals surface area contributed by atoms with Crippen molar-refractivity contribution in [2.45, 2.75) is 26.7 Å². The van der Waals surface area contributed by atoms with Gasteiger partial charge in [0.1, 0.15) is 11.6 Å². The molecule has 1 heterocycles. The fourth-order valence-corrected chi connectivity index (χ4v) is 1.95. The van der Waals surface area contributed by atoms with Gasteiger partial charge in [0.25, 0.3) is 0 Å². The number of benzene rings is 1. The molecule has 3 nitrogen and oxygen atoms in total. The molecule has 0 unspecified atom stereocenters. The Morgan fingerprint density at radius 3 is 2.84 bits per heavy atom. The summed E-state index contributed by atoms with van der Waals surface area (Å²) in [4.78, 5) is 4.42. The van der Waals surface area contributed by atoms with Crippen LogP contribution in [0.2, 0.25) is 0 Å². The first-order valence-electron chi connectivity index (χ1n) is 6.63. The van der Waals surface area contributed by atoms with Crippen molar-refractivity contribution in [2.75, 3.05) is 6.61 Å². The number of hydrogen-bond acceptors (Lipinski definition) is 3. The van der Waals surface area contributed by atoms with Gasteiger partial charge in [-0.25, -0.2) is 4.98 Å². The van der Waals surface area contributed by atoms with E-state index in [0.717, 1.165) is 23.7 Å². The summed E-state index contributed by atoms with van der Waals surface area (Å²) in [5.74, 6) is 1.12. The van der Waals surface area contributed by atoms with Gasteiger partial charge in [-0.1, -0.05) is 32.0 Å². The fourth-order valence-electron chi connectivity index (χ4n) is 1.95. The van der Waals surface area contributed by atoms with Gasteiger partial charge in [-0.2, -0.15) is 5.26 Å². The first-order valence-corrected chi connectivity index (χ1v) is 6.63. The number of aromatic nitrogens is 1. The Labute approximate surface area is 113 Å². The molecule has 0 saturated carbocycles. The number of para-hydroxylation sites is 1. The normalized spacial score (nSPS) is 10.6. The van der Waals surface area contributed by atoms with Crippen LogP contribution in [0.4, 0.5) is 0 Å². The Morgan fingerprint density at radius 2 is 2.11 bits per heavy atom. The van der Waals surface area contributed by atoms with Gasteiger partial charge < -0.3 is 4.74 Å². The lowest BCUT2D eigenvalue weighted by Gasteiger charge is -2.09. The van der Waals surface area contributed by atoms with Crippen molar-refractivity contribution in [3.8, 4) is 11.9 Å². The third-order valence-electron chi connectivity index (χ3n) is 2.97. The van der Waals surface area contributed by atoms with Crippen LogP contribution in [-0.2, 0) is 0 Å². The molecule has 0 saturated heterocycles. The molecule has 98 valence electrons. The maximum Gasteiger partial charge on any atom is 0.232 e. The molecule has 19 heavy (non-hydrogen) atoms. The Hall–Kier alpha value is -2.08. The Balaban J connectivity index is 2.15. The molecular formula is C16H18N2O. The highest BCUT2D eigenvalue weighted by molar-refractivity contribution is 5.80. The minimum absolute atomic E-state index is 0.449. The number of nitrogens with zero attached hydrogens (tertiary/aromatic N) is 2. The van der Waals surface area contributed by atoms with Crippen LogP contribution in [0.25, 0.3) is 10.9 Å². The van der Waals surface area contributed by atoms with Crippen LogP contribution in [0.1, 0.15) is 32.3 Å². The van der Waals surface area contributed by atoms with E-state index in [2.05, 4.69) is 24.9 Å². The van der Waals surface area contributed by atoms with Gasteiger partial charge in [0.15, 0.2) is 0 Å². The van der Waals surface area contributed by atoms with E-state index in [-0.39, 0.29) is 0 Å². The quantitative estimate of drug-likeness (QED) is 0.760. The van der Waals surface area contributed by atoms with Crippen LogP contribution in [0.3, 0.4) is 0 Å². The summed E-state index contributed by atoms with van der Waals surface area (Å²) in [6.07, 6.45) is 2.10. The minimum Gasteiger partial charge on any atom is -0.477 e. The third-order valence-corrected chi connectivity index (χ3v) is 2.97. The first-order chi connectivity index (χ1) is 9.20. The highest BCUT2D eigenvalue weighted by Gasteiger charge is 2.07. The van der Waals surface area contributed by atoms with Gasteiger partial charge >= 0.3 is 0 Å². The third kappa shape index (κ3) is 3.45. The fraction of sp³-hybridized carbons (Fsp3) is 0.375. The van der Waals surface area contributed by atoms with Crippen molar-refractivity contribution in [1.29, 1.82) is 5.26 Å². The largest absolute Gasteiger partial charge is 0.477 e. The van der Waals surface area contributed by atoms with Crippen molar-refractivity contribution < 1.29 is 4.74 Å². The number of fused-ring (bicyclic) bond motifs is 1. The van der Waals surface area contributed by atoms with Gasteiger partial charge in [0, 0.05) is 5.39 Å². The van der Waals surface area contributed by atoms with Gasteiger partial charge in [-0.05, 0) is 30.9 Å². The highest BCUT2D eigenvalue weighted by atomic mass is 16.5. The molecule has 0 bridgehead atoms. The predicted molar refractivity (Wildman–Crippen MR) is 76.0 cm³/mol. The number of nitriles is 1. The summed E-state index contributed by atoms with van der Waals surface area (Å²) in [6.45, 7) is 4.99. The van der Waals surface area contributed by atoms with E-state index < -0.39 is 0 Å². The second kappa shape index (κ2) is 6.19. The SMILES string of the molecule is CC(C)CCCOc1nc2ccccc2cc1C#N. The molecule has 0 aliphatic carbocycles. The number of hydrogen-bond donors (Lipinski definition) is 0. The molecule has 0 amide bonds. The van der Waals surface area contributed by atoms with Gasteiger partial charge in [0.2, 0.25) is 5.88 Å². The Morgan fingerprint density at radius 1 is 1.32 bits per heavy atom.